The Labute approximate surface area is 759 Å². The molecule has 8 heteroatoms. The lowest BCUT2D eigenvalue weighted by Gasteiger charge is -2.09. The van der Waals surface area contributed by atoms with E-state index in [0.717, 1.165) is 104 Å². The third-order valence-electron chi connectivity index (χ3n) is 26.8. The summed E-state index contributed by atoms with van der Waals surface area (Å²) in [5.74, 6) is 0. The van der Waals surface area contributed by atoms with E-state index in [1.165, 1.54) is 160 Å². The van der Waals surface area contributed by atoms with Crippen LogP contribution < -0.4 is 0 Å². The van der Waals surface area contributed by atoms with E-state index in [2.05, 4.69) is 434 Å². The number of aryl methyl sites for hydroxylation is 4. The van der Waals surface area contributed by atoms with Crippen molar-refractivity contribution >= 4 is 175 Å². The van der Waals surface area contributed by atoms with Crippen LogP contribution in [0.15, 0.2) is 454 Å². The maximum atomic E-state index is 6.33. The van der Waals surface area contributed by atoms with E-state index in [4.69, 9.17) is 17.7 Å². The number of furan rings is 4. The first kappa shape index (κ1) is 77.2. The molecule has 0 aliphatic carbocycles. The van der Waals surface area contributed by atoms with Crippen molar-refractivity contribution in [2.45, 2.75) is 27.7 Å². The summed E-state index contributed by atoms with van der Waals surface area (Å²) in [4.78, 5) is 0. The van der Waals surface area contributed by atoms with E-state index in [0.29, 0.717) is 0 Å². The SMILES string of the molecule is Cc1ccc2c3cc(-c4cccc5c4oc4ccccc45)ccc3n(-c3ccccc3)c2c1.Cc1cccc2c1c1cc(-c3cccc4c3oc3ccccc34)ccc1n2-c1ccccc1.Cc1cccc2c3cc(-c4ccc5oc6ccccc6c5c4)ccc3n(-c3ccccc3)c12.Cc1cccc2c3cc(-c4cccc5c4oc4ccccc45)ccc3n(-c3ccccc3)c12. The highest BCUT2D eigenvalue weighted by atomic mass is 16.3. The van der Waals surface area contributed by atoms with Gasteiger partial charge in [-0.05, 0) is 223 Å². The zero-order valence-corrected chi connectivity index (χ0v) is 73.0. The molecule has 0 fully saturated rings. The number of fused-ring (bicyclic) bond motifs is 24. The average molecular weight is 1690 g/mol. The molecule has 20 aromatic carbocycles. The normalized spacial score (nSPS) is 11.8. The molecule has 624 valence electrons. The van der Waals surface area contributed by atoms with Gasteiger partial charge in [-0.25, -0.2) is 0 Å². The van der Waals surface area contributed by atoms with Gasteiger partial charge in [0.25, 0.3) is 0 Å². The second-order valence-corrected chi connectivity index (χ2v) is 34.7. The summed E-state index contributed by atoms with van der Waals surface area (Å²) < 4.78 is 34.5. The number of aromatic nitrogens is 4. The summed E-state index contributed by atoms with van der Waals surface area (Å²) >= 11 is 0. The van der Waals surface area contributed by atoms with Gasteiger partial charge >= 0.3 is 0 Å². The summed E-state index contributed by atoms with van der Waals surface area (Å²) in [5, 5.41) is 19.4. The summed E-state index contributed by atoms with van der Waals surface area (Å²) in [5.41, 5.74) is 36.4. The fraction of sp³-hybridized carbons (Fsp3) is 0.0323. The van der Waals surface area contributed by atoms with Crippen LogP contribution in [0.3, 0.4) is 0 Å². The van der Waals surface area contributed by atoms with Gasteiger partial charge in [-0.3, -0.25) is 0 Å². The lowest BCUT2D eigenvalue weighted by molar-refractivity contribution is 0.669. The molecule has 28 rings (SSSR count). The minimum atomic E-state index is 0.928. The molecule has 0 aliphatic rings. The molecule has 0 bridgehead atoms. The van der Waals surface area contributed by atoms with Crippen molar-refractivity contribution in [1.29, 1.82) is 0 Å². The molecule has 8 aromatic heterocycles. The van der Waals surface area contributed by atoms with Crippen LogP contribution in [-0.4, -0.2) is 18.3 Å². The van der Waals surface area contributed by atoms with Crippen molar-refractivity contribution < 1.29 is 17.7 Å². The van der Waals surface area contributed by atoms with E-state index in [1.54, 1.807) is 0 Å². The molecule has 132 heavy (non-hydrogen) atoms. The monoisotopic (exact) mass is 1690 g/mol. The van der Waals surface area contributed by atoms with Gasteiger partial charge in [-0.1, -0.05) is 291 Å². The zero-order valence-electron chi connectivity index (χ0n) is 73.0. The highest BCUT2D eigenvalue weighted by Crippen LogP contribution is 2.47. The average Bonchev–Trinajstić information content (AvgIpc) is 1.60. The molecule has 8 nitrogen and oxygen atoms in total. The van der Waals surface area contributed by atoms with Crippen LogP contribution in [0.1, 0.15) is 22.3 Å². The molecule has 0 amide bonds. The Morgan fingerprint density at radius 2 is 0.477 bits per heavy atom. The van der Waals surface area contributed by atoms with Crippen LogP contribution in [0.5, 0.6) is 0 Å². The smallest absolute Gasteiger partial charge is 0.143 e. The minimum Gasteiger partial charge on any atom is -0.456 e. The molecule has 8 heterocycles. The Kier molecular flexibility index (Phi) is 18.3. The standard InChI is InChI=1S/4C31H21NO/c1-20-9-7-15-28-30(20)26-19-21(17-18-27(26)32(28)22-10-3-2-4-11-22)23-13-8-14-25-24-12-5-6-16-29(24)33-31(23)25;1-20-9-7-14-25-27-19-21(17-18-28(27)32(30(20)25)22-10-3-2-4-11-22)23-13-8-15-26-24-12-5-6-16-29(24)33-31(23)26;1-20-8-7-12-25-26-18-21(14-16-28(26)32(31(20)25)23-9-3-2-4-10-23)22-15-17-30-27(19-22)24-11-5-6-13-29(24)33-30;1-20-14-16-24-27-19-21(15-17-28(27)32(29(24)18-20)22-8-3-2-4-9-22)23-11-7-12-26-25-10-5-6-13-30(25)33-31(23)26/h4*2-19H,1H3. The van der Waals surface area contributed by atoms with Crippen molar-refractivity contribution in [3.05, 3.63) is 459 Å². The van der Waals surface area contributed by atoms with Gasteiger partial charge in [-0.15, -0.1) is 0 Å². The van der Waals surface area contributed by atoms with E-state index in [9.17, 15) is 0 Å². The summed E-state index contributed by atoms with van der Waals surface area (Å²) in [7, 11) is 0. The van der Waals surface area contributed by atoms with Gasteiger partial charge in [0.2, 0.25) is 0 Å². The topological polar surface area (TPSA) is 72.3 Å². The quantitative estimate of drug-likeness (QED) is 0.152. The van der Waals surface area contributed by atoms with Crippen LogP contribution in [0.4, 0.5) is 0 Å². The van der Waals surface area contributed by atoms with Gasteiger partial charge < -0.3 is 35.9 Å². The third-order valence-corrected chi connectivity index (χ3v) is 26.8. The Morgan fingerprint density at radius 3 is 0.939 bits per heavy atom. The Bertz CT molecular complexity index is 9400. The predicted molar refractivity (Wildman–Crippen MR) is 553 cm³/mol. The molecule has 0 saturated heterocycles. The fourth-order valence-corrected chi connectivity index (χ4v) is 20.8. The first-order valence-electron chi connectivity index (χ1n) is 45.2. The van der Waals surface area contributed by atoms with E-state index in [-0.39, 0.29) is 0 Å². The van der Waals surface area contributed by atoms with Crippen molar-refractivity contribution in [2.75, 3.05) is 0 Å². The molecule has 0 saturated carbocycles. The zero-order chi connectivity index (χ0) is 87.8. The molecule has 0 spiro atoms. The summed E-state index contributed by atoms with van der Waals surface area (Å²) in [6, 6.07) is 155. The van der Waals surface area contributed by atoms with Gasteiger partial charge in [0.15, 0.2) is 0 Å². The number of benzene rings is 20. The van der Waals surface area contributed by atoms with Crippen molar-refractivity contribution in [1.82, 2.24) is 18.3 Å². The Balaban J connectivity index is 0.0000000945. The number of hydrogen-bond acceptors (Lipinski definition) is 4. The molecule has 0 atom stereocenters. The molecular weight excluding hydrogens is 1610 g/mol. The Morgan fingerprint density at radius 1 is 0.167 bits per heavy atom. The van der Waals surface area contributed by atoms with Gasteiger partial charge in [0.1, 0.15) is 44.7 Å². The maximum absolute atomic E-state index is 6.33. The number of nitrogens with zero attached hydrogens (tertiary/aromatic N) is 4. The molecule has 28 aromatic rings. The van der Waals surface area contributed by atoms with Crippen LogP contribution in [0, 0.1) is 27.7 Å². The minimum absolute atomic E-state index is 0.928. The fourth-order valence-electron chi connectivity index (χ4n) is 20.8. The number of rotatable bonds is 8. The molecule has 0 radical (unpaired) electrons. The highest BCUT2D eigenvalue weighted by molar-refractivity contribution is 6.19. The van der Waals surface area contributed by atoms with E-state index < -0.39 is 0 Å². The first-order chi connectivity index (χ1) is 65.1. The van der Waals surface area contributed by atoms with E-state index in [1.807, 2.05) is 48.5 Å². The predicted octanol–water partition coefficient (Wildman–Crippen LogP) is 34.6. The van der Waals surface area contributed by atoms with E-state index >= 15 is 0 Å². The lowest BCUT2D eigenvalue weighted by atomic mass is 9.99. The molecule has 0 aliphatic heterocycles. The molecular formula is C124H84N4O4. The number of hydrogen-bond donors (Lipinski definition) is 0. The number of para-hydroxylation sites is 13. The van der Waals surface area contributed by atoms with Crippen LogP contribution in [0.25, 0.3) is 242 Å². The molecule has 0 N–H and O–H groups in total. The van der Waals surface area contributed by atoms with Gasteiger partial charge in [0, 0.05) is 126 Å². The van der Waals surface area contributed by atoms with Crippen molar-refractivity contribution in [2.24, 2.45) is 0 Å². The Hall–Kier alpha value is -17.2. The second kappa shape index (κ2) is 31.4. The second-order valence-electron chi connectivity index (χ2n) is 34.7. The summed E-state index contributed by atoms with van der Waals surface area (Å²) in [6.07, 6.45) is 0. The van der Waals surface area contributed by atoms with Crippen LogP contribution in [0.2, 0.25) is 0 Å². The highest BCUT2D eigenvalue weighted by Gasteiger charge is 2.24. The maximum Gasteiger partial charge on any atom is 0.143 e. The molecule has 0 unspecified atom stereocenters. The van der Waals surface area contributed by atoms with Gasteiger partial charge in [-0.2, -0.15) is 0 Å². The van der Waals surface area contributed by atoms with Crippen LogP contribution >= 0.6 is 0 Å². The summed E-state index contributed by atoms with van der Waals surface area (Å²) in [6.45, 7) is 8.74. The van der Waals surface area contributed by atoms with Crippen molar-refractivity contribution in [3.63, 3.8) is 0 Å². The first-order valence-corrected chi connectivity index (χ1v) is 45.2. The van der Waals surface area contributed by atoms with Crippen LogP contribution in [-0.2, 0) is 0 Å². The lowest BCUT2D eigenvalue weighted by Crippen LogP contribution is -1.94. The van der Waals surface area contributed by atoms with Gasteiger partial charge in [0.05, 0.1) is 44.1 Å². The third kappa shape index (κ3) is 12.7. The van der Waals surface area contributed by atoms with Crippen molar-refractivity contribution in [3.8, 4) is 67.3 Å². The largest absolute Gasteiger partial charge is 0.456 e.